The number of likely N-dealkylation sites (N-methyl/N-ethyl adjacent to an activating group) is 1. The van der Waals surface area contributed by atoms with Crippen LogP contribution in [0.5, 0.6) is 5.75 Å². The van der Waals surface area contributed by atoms with Crippen LogP contribution in [0.2, 0.25) is 0 Å². The molecule has 1 unspecified atom stereocenters. The van der Waals surface area contributed by atoms with Crippen molar-refractivity contribution in [1.29, 1.82) is 0 Å². The van der Waals surface area contributed by atoms with Crippen LogP contribution in [-0.2, 0) is 9.59 Å². The number of nitrogens with zero attached hydrogens (tertiary/aromatic N) is 3. The molecule has 0 saturated carbocycles. The van der Waals surface area contributed by atoms with Gasteiger partial charge in [-0.3, -0.25) is 9.59 Å². The molecule has 176 valence electrons. The molecule has 0 saturated heterocycles. The van der Waals surface area contributed by atoms with Crippen LogP contribution in [0.25, 0.3) is 0 Å². The molecule has 1 heterocycles. The Bertz CT molecular complexity index is 1070. The SMILES string of the molecule is COc1ccccc1C1CC(c2ccc(C)c(C)c2)=NN1C(=O)CN(C)C(=O)CC(C)(C)C. The van der Waals surface area contributed by atoms with Crippen molar-refractivity contribution < 1.29 is 14.3 Å². The maximum Gasteiger partial charge on any atom is 0.262 e. The minimum Gasteiger partial charge on any atom is -0.496 e. The maximum atomic E-state index is 13.4. The summed E-state index contributed by atoms with van der Waals surface area (Å²) in [7, 11) is 3.30. The molecule has 0 aromatic heterocycles. The molecule has 2 aromatic carbocycles. The van der Waals surface area contributed by atoms with Crippen molar-refractivity contribution in [1.82, 2.24) is 9.91 Å². The number of rotatable bonds is 6. The zero-order valence-electron chi connectivity index (χ0n) is 20.8. The number of aryl methyl sites for hydroxylation is 2. The van der Waals surface area contributed by atoms with Gasteiger partial charge < -0.3 is 9.64 Å². The van der Waals surface area contributed by atoms with Crippen LogP contribution in [0, 0.1) is 19.3 Å². The Morgan fingerprint density at radius 2 is 1.82 bits per heavy atom. The van der Waals surface area contributed by atoms with Gasteiger partial charge in [0, 0.05) is 25.5 Å². The molecule has 0 spiro atoms. The summed E-state index contributed by atoms with van der Waals surface area (Å²) in [5.41, 5.74) is 5.01. The number of hydrazone groups is 1. The molecule has 0 bridgehead atoms. The molecule has 33 heavy (non-hydrogen) atoms. The van der Waals surface area contributed by atoms with Gasteiger partial charge in [0.2, 0.25) is 5.91 Å². The smallest absolute Gasteiger partial charge is 0.262 e. The van der Waals surface area contributed by atoms with Gasteiger partial charge in [-0.05, 0) is 48.1 Å². The van der Waals surface area contributed by atoms with E-state index in [2.05, 4.69) is 26.0 Å². The third-order valence-electron chi connectivity index (χ3n) is 5.98. The fourth-order valence-electron chi connectivity index (χ4n) is 3.97. The lowest BCUT2D eigenvalue weighted by atomic mass is 9.92. The van der Waals surface area contributed by atoms with Gasteiger partial charge in [-0.1, -0.05) is 51.1 Å². The molecular weight excluding hydrogens is 414 g/mol. The molecule has 0 aliphatic carbocycles. The zero-order valence-corrected chi connectivity index (χ0v) is 20.8. The van der Waals surface area contributed by atoms with Crippen LogP contribution in [-0.4, -0.2) is 48.1 Å². The molecule has 6 heteroatoms. The molecule has 1 atom stereocenters. The summed E-state index contributed by atoms with van der Waals surface area (Å²) in [6.07, 6.45) is 0.956. The highest BCUT2D eigenvalue weighted by Crippen LogP contribution is 2.37. The first-order valence-electron chi connectivity index (χ1n) is 11.3. The van der Waals surface area contributed by atoms with Gasteiger partial charge in [0.1, 0.15) is 12.3 Å². The van der Waals surface area contributed by atoms with Crippen LogP contribution in [0.15, 0.2) is 47.6 Å². The molecule has 2 amide bonds. The molecular formula is C27H35N3O3. The van der Waals surface area contributed by atoms with E-state index in [1.807, 2.05) is 51.1 Å². The average molecular weight is 450 g/mol. The monoisotopic (exact) mass is 449 g/mol. The van der Waals surface area contributed by atoms with E-state index in [0.29, 0.717) is 18.6 Å². The molecule has 0 radical (unpaired) electrons. The van der Waals surface area contributed by atoms with E-state index in [1.54, 1.807) is 14.2 Å². The van der Waals surface area contributed by atoms with Gasteiger partial charge in [-0.2, -0.15) is 5.10 Å². The lowest BCUT2D eigenvalue weighted by Crippen LogP contribution is -2.40. The normalized spacial score (nSPS) is 15.9. The Morgan fingerprint density at radius 3 is 2.45 bits per heavy atom. The predicted molar refractivity (Wildman–Crippen MR) is 131 cm³/mol. The van der Waals surface area contributed by atoms with Crippen LogP contribution in [0.3, 0.4) is 0 Å². The minimum atomic E-state index is -0.295. The Morgan fingerprint density at radius 1 is 1.12 bits per heavy atom. The number of hydrogen-bond donors (Lipinski definition) is 0. The van der Waals surface area contributed by atoms with Gasteiger partial charge in [-0.15, -0.1) is 0 Å². The molecule has 1 aliphatic heterocycles. The third-order valence-corrected chi connectivity index (χ3v) is 5.98. The van der Waals surface area contributed by atoms with E-state index in [4.69, 9.17) is 9.84 Å². The minimum absolute atomic E-state index is 0.0235. The summed E-state index contributed by atoms with van der Waals surface area (Å²) in [6.45, 7) is 10.2. The van der Waals surface area contributed by atoms with E-state index in [0.717, 1.165) is 16.8 Å². The fourth-order valence-corrected chi connectivity index (χ4v) is 3.97. The first kappa shape index (κ1) is 24.5. The zero-order chi connectivity index (χ0) is 24.3. The van der Waals surface area contributed by atoms with Crippen LogP contribution in [0.4, 0.5) is 0 Å². The first-order chi connectivity index (χ1) is 15.5. The highest BCUT2D eigenvalue weighted by atomic mass is 16.5. The lowest BCUT2D eigenvalue weighted by Gasteiger charge is -2.27. The molecule has 3 rings (SSSR count). The Labute approximate surface area is 197 Å². The predicted octanol–water partition coefficient (Wildman–Crippen LogP) is 4.88. The Kier molecular flexibility index (Phi) is 7.25. The summed E-state index contributed by atoms with van der Waals surface area (Å²) in [6, 6.07) is 13.7. The molecule has 0 fully saturated rings. The van der Waals surface area contributed by atoms with Gasteiger partial charge >= 0.3 is 0 Å². The van der Waals surface area contributed by atoms with E-state index < -0.39 is 0 Å². The van der Waals surface area contributed by atoms with Crippen LogP contribution >= 0.6 is 0 Å². The number of para-hydroxylation sites is 1. The summed E-state index contributed by atoms with van der Waals surface area (Å²) in [5, 5.41) is 6.29. The molecule has 0 N–H and O–H groups in total. The fraction of sp³-hybridized carbons (Fsp3) is 0.444. The van der Waals surface area contributed by atoms with Crippen molar-refractivity contribution in [3.05, 3.63) is 64.7 Å². The van der Waals surface area contributed by atoms with E-state index >= 15 is 0 Å². The highest BCUT2D eigenvalue weighted by Gasteiger charge is 2.35. The molecule has 6 nitrogen and oxygen atoms in total. The van der Waals surface area contributed by atoms with Crippen LogP contribution < -0.4 is 4.74 Å². The van der Waals surface area contributed by atoms with Crippen molar-refractivity contribution >= 4 is 17.5 Å². The lowest BCUT2D eigenvalue weighted by molar-refractivity contribution is -0.141. The van der Waals surface area contributed by atoms with Crippen molar-refractivity contribution in [2.24, 2.45) is 10.5 Å². The second-order valence-electron chi connectivity index (χ2n) is 10.0. The van der Waals surface area contributed by atoms with Gasteiger partial charge in [0.25, 0.3) is 5.91 Å². The number of methoxy groups -OCH3 is 1. The number of carbonyl (C=O) groups is 2. The second kappa shape index (κ2) is 9.77. The summed E-state index contributed by atoms with van der Waals surface area (Å²) < 4.78 is 5.58. The Balaban J connectivity index is 1.92. The quantitative estimate of drug-likeness (QED) is 0.631. The Hall–Kier alpha value is -3.15. The molecule has 2 aromatic rings. The van der Waals surface area contributed by atoms with Gasteiger partial charge in [-0.25, -0.2) is 5.01 Å². The highest BCUT2D eigenvalue weighted by molar-refractivity contribution is 6.03. The maximum absolute atomic E-state index is 13.4. The van der Waals surface area contributed by atoms with E-state index in [1.165, 1.54) is 21.0 Å². The standard InChI is InChI=1S/C27H35N3O3/c1-18-12-13-20(14-19(18)2)22-15-23(21-10-8-9-11-24(21)33-7)30(28-22)26(32)17-29(6)25(31)16-27(3,4)5/h8-14,23H,15-17H2,1-7H3. The number of ether oxygens (including phenoxy) is 1. The number of carbonyl (C=O) groups excluding carboxylic acids is 2. The summed E-state index contributed by atoms with van der Waals surface area (Å²) >= 11 is 0. The topological polar surface area (TPSA) is 62.2 Å². The second-order valence-corrected chi connectivity index (χ2v) is 10.0. The summed E-state index contributed by atoms with van der Waals surface area (Å²) in [5.74, 6) is 0.450. The van der Waals surface area contributed by atoms with Crippen molar-refractivity contribution in [2.45, 2.75) is 53.5 Å². The van der Waals surface area contributed by atoms with E-state index in [9.17, 15) is 9.59 Å². The third kappa shape index (κ3) is 5.81. The molecule has 1 aliphatic rings. The van der Waals surface area contributed by atoms with Crippen molar-refractivity contribution in [2.75, 3.05) is 20.7 Å². The largest absolute Gasteiger partial charge is 0.496 e. The van der Waals surface area contributed by atoms with Crippen molar-refractivity contribution in [3.8, 4) is 5.75 Å². The average Bonchev–Trinajstić information content (AvgIpc) is 3.19. The summed E-state index contributed by atoms with van der Waals surface area (Å²) in [4.78, 5) is 27.5. The van der Waals surface area contributed by atoms with E-state index in [-0.39, 0.29) is 29.8 Å². The van der Waals surface area contributed by atoms with Crippen molar-refractivity contribution in [3.63, 3.8) is 0 Å². The van der Waals surface area contributed by atoms with Gasteiger partial charge in [0.15, 0.2) is 0 Å². The van der Waals surface area contributed by atoms with Gasteiger partial charge in [0.05, 0.1) is 18.9 Å². The number of hydrogen-bond acceptors (Lipinski definition) is 4. The number of amides is 2. The number of benzene rings is 2. The first-order valence-corrected chi connectivity index (χ1v) is 11.3. The van der Waals surface area contributed by atoms with Crippen LogP contribution in [0.1, 0.15) is 61.9 Å².